The average molecular weight is 313 g/mol. The lowest BCUT2D eigenvalue weighted by Gasteiger charge is -2.03. The molecule has 0 unspecified atom stereocenters. The number of benzene rings is 2. The molecule has 3 N–H and O–H groups in total. The maximum absolute atomic E-state index is 11.9. The van der Waals surface area contributed by atoms with Crippen LogP contribution in [0.2, 0.25) is 0 Å². The number of amides is 2. The Morgan fingerprint density at radius 2 is 1.83 bits per heavy atom. The van der Waals surface area contributed by atoms with E-state index in [1.54, 1.807) is 41.9 Å². The number of hydrogen-bond donors (Lipinski definition) is 3. The highest BCUT2D eigenvalue weighted by Crippen LogP contribution is 2.12. The minimum absolute atomic E-state index is 0.310. The van der Waals surface area contributed by atoms with Gasteiger partial charge in [-0.05, 0) is 35.9 Å². The molecule has 7 nitrogen and oxygen atoms in total. The van der Waals surface area contributed by atoms with Gasteiger partial charge in [-0.2, -0.15) is 5.10 Å². The molecule has 0 atom stereocenters. The Morgan fingerprint density at radius 1 is 1.09 bits per heavy atom. The van der Waals surface area contributed by atoms with E-state index in [1.165, 1.54) is 25.5 Å². The monoisotopic (exact) mass is 313 g/mol. The Bertz CT molecular complexity index is 726. The van der Waals surface area contributed by atoms with Gasteiger partial charge in [0.25, 0.3) is 11.8 Å². The van der Waals surface area contributed by atoms with Crippen LogP contribution >= 0.6 is 0 Å². The third-order valence-corrected chi connectivity index (χ3v) is 2.99. The van der Waals surface area contributed by atoms with Gasteiger partial charge in [-0.3, -0.25) is 14.8 Å². The van der Waals surface area contributed by atoms with Crippen molar-refractivity contribution in [3.8, 4) is 5.75 Å². The minimum Gasteiger partial charge on any atom is -0.497 e. The van der Waals surface area contributed by atoms with E-state index >= 15 is 0 Å². The summed E-state index contributed by atoms with van der Waals surface area (Å²) in [6.07, 6.45) is 1.44. The fourth-order valence-corrected chi connectivity index (χ4v) is 1.78. The third kappa shape index (κ3) is 4.39. The highest BCUT2D eigenvalue weighted by Gasteiger charge is 2.05. The van der Waals surface area contributed by atoms with Gasteiger partial charge in [0.15, 0.2) is 0 Å². The summed E-state index contributed by atoms with van der Waals surface area (Å²) >= 11 is 0. The van der Waals surface area contributed by atoms with Crippen LogP contribution in [-0.4, -0.2) is 30.3 Å². The topological polar surface area (TPSA) is 100 Å². The van der Waals surface area contributed by atoms with E-state index in [4.69, 9.17) is 9.94 Å². The van der Waals surface area contributed by atoms with Gasteiger partial charge < -0.3 is 4.74 Å². The van der Waals surface area contributed by atoms with E-state index in [1.807, 2.05) is 0 Å². The number of nitrogens with one attached hydrogen (secondary N) is 2. The normalized spacial score (nSPS) is 10.3. The van der Waals surface area contributed by atoms with Crippen molar-refractivity contribution < 1.29 is 19.5 Å². The number of carbonyl (C=O) groups excluding carboxylic acids is 2. The first kappa shape index (κ1) is 16.2. The van der Waals surface area contributed by atoms with Crippen LogP contribution in [0.25, 0.3) is 0 Å². The zero-order chi connectivity index (χ0) is 16.7. The molecule has 2 rings (SSSR count). The van der Waals surface area contributed by atoms with Crippen LogP contribution in [0.1, 0.15) is 26.3 Å². The van der Waals surface area contributed by atoms with Crippen molar-refractivity contribution in [3.63, 3.8) is 0 Å². The molecule has 0 fully saturated rings. The molecule has 0 saturated carbocycles. The summed E-state index contributed by atoms with van der Waals surface area (Å²) in [7, 11) is 1.52. The Hall–Kier alpha value is -3.19. The standard InChI is InChI=1S/C16H15N3O4/c1-23-14-4-2-3-13(9-14)15(20)18-17-10-11-5-7-12(8-6-11)16(21)19-22/h2-10,22H,1H3,(H,18,20)(H,19,21)/b17-10+. The van der Waals surface area contributed by atoms with E-state index < -0.39 is 5.91 Å². The second-order valence-electron chi connectivity index (χ2n) is 4.49. The van der Waals surface area contributed by atoms with E-state index in [0.29, 0.717) is 22.4 Å². The Morgan fingerprint density at radius 3 is 2.48 bits per heavy atom. The number of carbonyl (C=O) groups is 2. The molecule has 0 saturated heterocycles. The van der Waals surface area contributed by atoms with E-state index in [0.717, 1.165) is 0 Å². The molecule has 0 aliphatic rings. The lowest BCUT2D eigenvalue weighted by molar-refractivity contribution is 0.0706. The fourth-order valence-electron chi connectivity index (χ4n) is 1.78. The molecule has 0 spiro atoms. The summed E-state index contributed by atoms with van der Waals surface area (Å²) < 4.78 is 5.05. The largest absolute Gasteiger partial charge is 0.497 e. The smallest absolute Gasteiger partial charge is 0.274 e. The number of nitrogens with zero attached hydrogens (tertiary/aromatic N) is 1. The molecule has 23 heavy (non-hydrogen) atoms. The van der Waals surface area contributed by atoms with E-state index in [9.17, 15) is 9.59 Å². The lowest BCUT2D eigenvalue weighted by atomic mass is 10.1. The van der Waals surface area contributed by atoms with Crippen molar-refractivity contribution in [1.29, 1.82) is 0 Å². The average Bonchev–Trinajstić information content (AvgIpc) is 2.61. The molecule has 0 aliphatic carbocycles. The SMILES string of the molecule is COc1cccc(C(=O)N/N=C/c2ccc(C(=O)NO)cc2)c1. The predicted molar refractivity (Wildman–Crippen MR) is 83.7 cm³/mol. The third-order valence-electron chi connectivity index (χ3n) is 2.99. The predicted octanol–water partition coefficient (Wildman–Crippen LogP) is 1.58. The maximum Gasteiger partial charge on any atom is 0.274 e. The Kier molecular flexibility index (Phi) is 5.43. The first-order valence-electron chi connectivity index (χ1n) is 6.66. The summed E-state index contributed by atoms with van der Waals surface area (Å²) in [6, 6.07) is 13.0. The second kappa shape index (κ2) is 7.71. The number of hydrazone groups is 1. The molecule has 118 valence electrons. The number of rotatable bonds is 5. The highest BCUT2D eigenvalue weighted by molar-refractivity contribution is 5.96. The van der Waals surface area contributed by atoms with Crippen molar-refractivity contribution in [2.24, 2.45) is 5.10 Å². The first-order chi connectivity index (χ1) is 11.1. The van der Waals surface area contributed by atoms with Gasteiger partial charge in [0.05, 0.1) is 13.3 Å². The zero-order valence-corrected chi connectivity index (χ0v) is 12.3. The summed E-state index contributed by atoms with van der Waals surface area (Å²) in [5.41, 5.74) is 5.37. The van der Waals surface area contributed by atoms with Crippen LogP contribution in [0.4, 0.5) is 0 Å². The molecule has 2 aromatic carbocycles. The lowest BCUT2D eigenvalue weighted by Crippen LogP contribution is -2.18. The van der Waals surface area contributed by atoms with Crippen LogP contribution in [0.15, 0.2) is 53.6 Å². The summed E-state index contributed by atoms with van der Waals surface area (Å²) in [5, 5.41) is 12.4. The minimum atomic E-state index is -0.597. The molecule has 0 aliphatic heterocycles. The molecular formula is C16H15N3O4. The molecule has 2 aromatic rings. The molecule has 0 bridgehead atoms. The van der Waals surface area contributed by atoms with Gasteiger partial charge in [-0.25, -0.2) is 10.9 Å². The van der Waals surface area contributed by atoms with E-state index in [2.05, 4.69) is 10.5 Å². The van der Waals surface area contributed by atoms with E-state index in [-0.39, 0.29) is 5.91 Å². The van der Waals surface area contributed by atoms with Gasteiger partial charge in [0.2, 0.25) is 0 Å². The zero-order valence-electron chi connectivity index (χ0n) is 12.3. The fraction of sp³-hybridized carbons (Fsp3) is 0.0625. The molecule has 7 heteroatoms. The summed E-state index contributed by atoms with van der Waals surface area (Å²) in [6.45, 7) is 0. The number of hydrogen-bond acceptors (Lipinski definition) is 5. The summed E-state index contributed by atoms with van der Waals surface area (Å²) in [4.78, 5) is 23.1. The van der Waals surface area contributed by atoms with Gasteiger partial charge in [0, 0.05) is 11.1 Å². The van der Waals surface area contributed by atoms with Gasteiger partial charge in [-0.15, -0.1) is 0 Å². The van der Waals surface area contributed by atoms with Crippen LogP contribution in [0.3, 0.4) is 0 Å². The van der Waals surface area contributed by atoms with Crippen molar-refractivity contribution in [3.05, 3.63) is 65.2 Å². The van der Waals surface area contributed by atoms with Gasteiger partial charge >= 0.3 is 0 Å². The number of hydroxylamine groups is 1. The van der Waals surface area contributed by atoms with Crippen molar-refractivity contribution in [1.82, 2.24) is 10.9 Å². The van der Waals surface area contributed by atoms with Crippen molar-refractivity contribution in [2.75, 3.05) is 7.11 Å². The molecule has 0 aromatic heterocycles. The van der Waals surface area contributed by atoms with Crippen LogP contribution in [0.5, 0.6) is 5.75 Å². The molecule has 2 amide bonds. The summed E-state index contributed by atoms with van der Waals surface area (Å²) in [5.74, 6) is -0.379. The second-order valence-corrected chi connectivity index (χ2v) is 4.49. The van der Waals surface area contributed by atoms with Crippen molar-refractivity contribution >= 4 is 18.0 Å². The van der Waals surface area contributed by atoms with Gasteiger partial charge in [-0.1, -0.05) is 18.2 Å². The van der Waals surface area contributed by atoms with Crippen molar-refractivity contribution in [2.45, 2.75) is 0 Å². The number of methoxy groups -OCH3 is 1. The van der Waals surface area contributed by atoms with Crippen LogP contribution < -0.4 is 15.6 Å². The Labute approximate surface area is 132 Å². The Balaban J connectivity index is 1.98. The molecular weight excluding hydrogens is 298 g/mol. The number of ether oxygens (including phenoxy) is 1. The van der Waals surface area contributed by atoms with Crippen LogP contribution in [-0.2, 0) is 0 Å². The first-order valence-corrected chi connectivity index (χ1v) is 6.66. The molecule has 0 radical (unpaired) electrons. The highest BCUT2D eigenvalue weighted by atomic mass is 16.5. The quantitative estimate of drug-likeness (QED) is 0.443. The maximum atomic E-state index is 11.9. The molecule has 0 heterocycles. The van der Waals surface area contributed by atoms with Crippen LogP contribution in [0, 0.1) is 0 Å². The van der Waals surface area contributed by atoms with Gasteiger partial charge in [0.1, 0.15) is 5.75 Å².